The Balaban J connectivity index is 1.90. The molecular formula is C14H14N2O6S. The maximum atomic E-state index is 12.4. The van der Waals surface area contributed by atoms with Crippen LogP contribution in [0.25, 0.3) is 0 Å². The van der Waals surface area contributed by atoms with Crippen LogP contribution in [0.3, 0.4) is 0 Å². The SMILES string of the molecule is NS(=O)(=O)C1(C(=O)ON2C(=O)c3ccccc3C2=O)CCCC1. The van der Waals surface area contributed by atoms with Crippen LogP contribution < -0.4 is 5.14 Å². The van der Waals surface area contributed by atoms with Crippen molar-refractivity contribution in [2.75, 3.05) is 0 Å². The second-order valence-corrected chi connectivity index (χ2v) is 7.45. The fraction of sp³-hybridized carbons (Fsp3) is 0.357. The Morgan fingerprint density at radius 3 is 2.00 bits per heavy atom. The molecule has 2 aliphatic rings. The van der Waals surface area contributed by atoms with Crippen LogP contribution in [0.15, 0.2) is 24.3 Å². The molecule has 1 aromatic rings. The third-order valence-electron chi connectivity index (χ3n) is 4.26. The molecule has 1 heterocycles. The largest absolute Gasteiger partial charge is 0.355 e. The highest BCUT2D eigenvalue weighted by Crippen LogP contribution is 2.37. The minimum Gasteiger partial charge on any atom is -0.328 e. The Labute approximate surface area is 132 Å². The number of sulfonamides is 1. The van der Waals surface area contributed by atoms with Gasteiger partial charge in [0.1, 0.15) is 0 Å². The smallest absolute Gasteiger partial charge is 0.328 e. The van der Waals surface area contributed by atoms with E-state index in [1.807, 2.05) is 0 Å². The summed E-state index contributed by atoms with van der Waals surface area (Å²) in [4.78, 5) is 41.6. The van der Waals surface area contributed by atoms with Gasteiger partial charge in [0.05, 0.1) is 11.1 Å². The number of fused-ring (bicyclic) bond motifs is 1. The Hall–Kier alpha value is -2.26. The van der Waals surface area contributed by atoms with E-state index in [-0.39, 0.29) is 24.0 Å². The number of hydrogen-bond acceptors (Lipinski definition) is 6. The van der Waals surface area contributed by atoms with Crippen molar-refractivity contribution < 1.29 is 27.6 Å². The van der Waals surface area contributed by atoms with Gasteiger partial charge in [0, 0.05) is 0 Å². The summed E-state index contributed by atoms with van der Waals surface area (Å²) in [6.07, 6.45) is 1.00. The number of imide groups is 1. The highest BCUT2D eigenvalue weighted by molar-refractivity contribution is 7.91. The van der Waals surface area contributed by atoms with Gasteiger partial charge in [0.15, 0.2) is 4.75 Å². The number of carbonyl (C=O) groups is 3. The molecule has 1 fully saturated rings. The van der Waals surface area contributed by atoms with Crippen molar-refractivity contribution in [1.82, 2.24) is 5.06 Å². The highest BCUT2D eigenvalue weighted by Gasteiger charge is 2.54. The molecule has 23 heavy (non-hydrogen) atoms. The van der Waals surface area contributed by atoms with Gasteiger partial charge in [-0.05, 0) is 25.0 Å². The topological polar surface area (TPSA) is 124 Å². The lowest BCUT2D eigenvalue weighted by Gasteiger charge is -2.25. The zero-order valence-corrected chi connectivity index (χ0v) is 12.8. The Morgan fingerprint density at radius 2 is 1.57 bits per heavy atom. The number of benzene rings is 1. The molecule has 2 amide bonds. The van der Waals surface area contributed by atoms with E-state index >= 15 is 0 Å². The minimum absolute atomic E-state index is 0.00777. The normalized spacial score (nSPS) is 19.8. The molecule has 0 spiro atoms. The van der Waals surface area contributed by atoms with E-state index in [0.717, 1.165) is 0 Å². The fourth-order valence-electron chi connectivity index (χ4n) is 2.97. The van der Waals surface area contributed by atoms with Gasteiger partial charge in [0.25, 0.3) is 11.8 Å². The molecule has 1 aromatic carbocycles. The van der Waals surface area contributed by atoms with Crippen molar-refractivity contribution in [1.29, 1.82) is 0 Å². The van der Waals surface area contributed by atoms with Crippen LogP contribution >= 0.6 is 0 Å². The number of carbonyl (C=O) groups excluding carboxylic acids is 3. The summed E-state index contributed by atoms with van der Waals surface area (Å²) >= 11 is 0. The van der Waals surface area contributed by atoms with Gasteiger partial charge in [-0.25, -0.2) is 18.4 Å². The number of nitrogens with two attached hydrogens (primary N) is 1. The summed E-state index contributed by atoms with van der Waals surface area (Å²) in [5.74, 6) is -2.80. The van der Waals surface area contributed by atoms with Crippen LogP contribution in [0.4, 0.5) is 0 Å². The van der Waals surface area contributed by atoms with Gasteiger partial charge in [0.2, 0.25) is 10.0 Å². The number of hydrogen-bond donors (Lipinski definition) is 1. The van der Waals surface area contributed by atoms with Crippen molar-refractivity contribution in [2.45, 2.75) is 30.4 Å². The summed E-state index contributed by atoms with van der Waals surface area (Å²) in [7, 11) is -4.23. The molecule has 0 unspecified atom stereocenters. The number of primary sulfonamides is 1. The maximum absolute atomic E-state index is 12.4. The molecule has 3 rings (SSSR count). The van der Waals surface area contributed by atoms with E-state index in [2.05, 4.69) is 0 Å². The van der Waals surface area contributed by atoms with Crippen LogP contribution in [0.1, 0.15) is 46.4 Å². The lowest BCUT2D eigenvalue weighted by Crippen LogP contribution is -2.51. The Kier molecular flexibility index (Phi) is 3.49. The molecule has 1 aliphatic carbocycles. The van der Waals surface area contributed by atoms with Crippen molar-refractivity contribution >= 4 is 27.8 Å². The first-order valence-electron chi connectivity index (χ1n) is 7.00. The van der Waals surface area contributed by atoms with E-state index in [0.29, 0.717) is 17.9 Å². The van der Waals surface area contributed by atoms with E-state index in [4.69, 9.17) is 9.98 Å². The Bertz CT molecular complexity index is 775. The van der Waals surface area contributed by atoms with Crippen LogP contribution in [0.2, 0.25) is 0 Å². The van der Waals surface area contributed by atoms with Crippen LogP contribution in [-0.4, -0.2) is 36.0 Å². The minimum atomic E-state index is -4.23. The van der Waals surface area contributed by atoms with Gasteiger partial charge in [-0.2, -0.15) is 0 Å². The standard InChI is InChI=1S/C14H14N2O6S/c15-23(20,21)14(7-3-4-8-14)13(19)22-16-11(17)9-5-1-2-6-10(9)12(16)18/h1-2,5-6H,3-4,7-8H2,(H2,15,20,21). The molecule has 0 aromatic heterocycles. The summed E-state index contributed by atoms with van der Waals surface area (Å²) in [5, 5.41) is 5.49. The summed E-state index contributed by atoms with van der Waals surface area (Å²) in [6.45, 7) is 0. The fourth-order valence-corrected chi connectivity index (χ4v) is 4.09. The first-order chi connectivity index (χ1) is 10.8. The second-order valence-electron chi connectivity index (χ2n) is 5.58. The second kappa shape index (κ2) is 5.14. The van der Waals surface area contributed by atoms with Gasteiger partial charge < -0.3 is 4.84 Å². The molecule has 9 heteroatoms. The van der Waals surface area contributed by atoms with Crippen molar-refractivity contribution in [3.05, 3.63) is 35.4 Å². The van der Waals surface area contributed by atoms with Gasteiger partial charge in [-0.3, -0.25) is 9.59 Å². The number of rotatable bonds is 3. The lowest BCUT2D eigenvalue weighted by atomic mass is 10.1. The highest BCUT2D eigenvalue weighted by atomic mass is 32.2. The van der Waals surface area contributed by atoms with E-state index in [9.17, 15) is 22.8 Å². The van der Waals surface area contributed by atoms with E-state index in [1.165, 1.54) is 12.1 Å². The van der Waals surface area contributed by atoms with Crippen molar-refractivity contribution in [3.63, 3.8) is 0 Å². The molecule has 0 atom stereocenters. The quantitative estimate of drug-likeness (QED) is 0.793. The first kappa shape index (κ1) is 15.6. The molecule has 1 aliphatic heterocycles. The molecule has 0 saturated heterocycles. The summed E-state index contributed by atoms with van der Waals surface area (Å²) in [5.41, 5.74) is 0.197. The maximum Gasteiger partial charge on any atom is 0.355 e. The monoisotopic (exact) mass is 338 g/mol. The van der Waals surface area contributed by atoms with Gasteiger partial charge >= 0.3 is 5.97 Å². The number of hydroxylamine groups is 2. The third-order valence-corrected chi connectivity index (χ3v) is 5.92. The average molecular weight is 338 g/mol. The van der Waals surface area contributed by atoms with Gasteiger partial charge in [-0.15, -0.1) is 0 Å². The predicted molar refractivity (Wildman–Crippen MR) is 77.3 cm³/mol. The molecule has 0 radical (unpaired) electrons. The number of amides is 2. The Morgan fingerprint density at radius 1 is 1.09 bits per heavy atom. The van der Waals surface area contributed by atoms with Gasteiger partial charge in [-0.1, -0.05) is 30.0 Å². The summed E-state index contributed by atoms with van der Waals surface area (Å²) < 4.78 is 21.8. The van der Waals surface area contributed by atoms with Crippen LogP contribution in [0, 0.1) is 0 Å². The lowest BCUT2D eigenvalue weighted by molar-refractivity contribution is -0.171. The average Bonchev–Trinajstić information content (AvgIpc) is 3.08. The third kappa shape index (κ3) is 2.23. The zero-order chi connectivity index (χ0) is 16.8. The van der Waals surface area contributed by atoms with Crippen LogP contribution in [0.5, 0.6) is 0 Å². The zero-order valence-electron chi connectivity index (χ0n) is 12.0. The summed E-state index contributed by atoms with van der Waals surface area (Å²) in [6, 6.07) is 5.99. The first-order valence-corrected chi connectivity index (χ1v) is 8.55. The molecular weight excluding hydrogens is 324 g/mol. The number of nitrogens with zero attached hydrogens (tertiary/aromatic N) is 1. The molecule has 2 N–H and O–H groups in total. The predicted octanol–water partition coefficient (Wildman–Crippen LogP) is 0.342. The van der Waals surface area contributed by atoms with E-state index in [1.54, 1.807) is 12.1 Å². The molecule has 1 saturated carbocycles. The molecule has 0 bridgehead atoms. The van der Waals surface area contributed by atoms with E-state index < -0.39 is 32.6 Å². The molecule has 8 nitrogen and oxygen atoms in total. The van der Waals surface area contributed by atoms with Crippen molar-refractivity contribution in [2.24, 2.45) is 5.14 Å². The van der Waals surface area contributed by atoms with Crippen molar-refractivity contribution in [3.8, 4) is 0 Å². The molecule has 122 valence electrons. The van der Waals surface area contributed by atoms with Crippen LogP contribution in [-0.2, 0) is 19.7 Å².